The summed E-state index contributed by atoms with van der Waals surface area (Å²) < 4.78 is 4.80. The van der Waals surface area contributed by atoms with Crippen molar-refractivity contribution in [3.8, 4) is 0 Å². The Hall–Kier alpha value is -1.39. The molecule has 0 aromatic heterocycles. The molecule has 0 heterocycles. The van der Waals surface area contributed by atoms with Gasteiger partial charge >= 0.3 is 5.97 Å². The summed E-state index contributed by atoms with van der Waals surface area (Å²) in [6, 6.07) is -0.724. The zero-order valence-corrected chi connectivity index (χ0v) is 13.4. The number of rotatable bonds is 13. The Morgan fingerprint density at radius 1 is 1.14 bits per heavy atom. The number of nitro groups is 1. The van der Waals surface area contributed by atoms with E-state index in [1.807, 2.05) is 0 Å². The van der Waals surface area contributed by atoms with Crippen molar-refractivity contribution in [2.45, 2.75) is 77.7 Å². The summed E-state index contributed by atoms with van der Waals surface area (Å²) in [4.78, 5) is 22.2. The summed E-state index contributed by atoms with van der Waals surface area (Å²) in [5, 5.41) is 11.0. The van der Waals surface area contributed by atoms with Crippen LogP contribution in [0.1, 0.15) is 71.6 Å². The molecule has 0 saturated carbocycles. The van der Waals surface area contributed by atoms with Crippen LogP contribution in [0.25, 0.3) is 0 Å². The maximum absolute atomic E-state index is 11.4. The molecule has 21 heavy (non-hydrogen) atoms. The SMILES string of the molecule is C=C(CC(CCCCCCCCC)[N+](=O)[O-])C(=O)OCC. The molecule has 0 aliphatic rings. The van der Waals surface area contributed by atoms with Crippen LogP contribution in [0.4, 0.5) is 0 Å². The number of hydrogen-bond acceptors (Lipinski definition) is 4. The third-order valence-corrected chi connectivity index (χ3v) is 3.49. The van der Waals surface area contributed by atoms with Crippen molar-refractivity contribution in [2.24, 2.45) is 0 Å². The number of unbranched alkanes of at least 4 members (excludes halogenated alkanes) is 6. The van der Waals surface area contributed by atoms with Gasteiger partial charge in [-0.15, -0.1) is 0 Å². The number of esters is 1. The van der Waals surface area contributed by atoms with Crippen molar-refractivity contribution in [3.05, 3.63) is 22.3 Å². The van der Waals surface area contributed by atoms with Crippen molar-refractivity contribution in [2.75, 3.05) is 6.61 Å². The van der Waals surface area contributed by atoms with Gasteiger partial charge in [-0.2, -0.15) is 0 Å². The van der Waals surface area contributed by atoms with E-state index in [1.54, 1.807) is 6.92 Å². The molecule has 5 heteroatoms. The monoisotopic (exact) mass is 299 g/mol. The first-order chi connectivity index (χ1) is 10.0. The Morgan fingerprint density at radius 2 is 1.71 bits per heavy atom. The minimum atomic E-state index is -0.724. The Kier molecular flexibility index (Phi) is 11.5. The van der Waals surface area contributed by atoms with Gasteiger partial charge in [-0.1, -0.05) is 52.0 Å². The van der Waals surface area contributed by atoms with Gasteiger partial charge < -0.3 is 4.74 Å². The van der Waals surface area contributed by atoms with Crippen LogP contribution in [0.5, 0.6) is 0 Å². The second-order valence-corrected chi connectivity index (χ2v) is 5.38. The van der Waals surface area contributed by atoms with E-state index >= 15 is 0 Å². The van der Waals surface area contributed by atoms with Gasteiger partial charge in [0.1, 0.15) is 0 Å². The predicted octanol–water partition coefficient (Wildman–Crippen LogP) is 4.28. The topological polar surface area (TPSA) is 69.4 Å². The number of hydrogen-bond donors (Lipinski definition) is 0. The third-order valence-electron chi connectivity index (χ3n) is 3.49. The zero-order chi connectivity index (χ0) is 16.1. The maximum Gasteiger partial charge on any atom is 0.333 e. The lowest BCUT2D eigenvalue weighted by Crippen LogP contribution is -2.22. The first-order valence-electron chi connectivity index (χ1n) is 8.01. The number of nitrogens with zero attached hydrogens (tertiary/aromatic N) is 1. The highest BCUT2D eigenvalue weighted by Gasteiger charge is 2.23. The van der Waals surface area contributed by atoms with Gasteiger partial charge in [0.2, 0.25) is 6.04 Å². The summed E-state index contributed by atoms with van der Waals surface area (Å²) >= 11 is 0. The minimum Gasteiger partial charge on any atom is -0.463 e. The average Bonchev–Trinajstić information content (AvgIpc) is 2.44. The van der Waals surface area contributed by atoms with Crippen molar-refractivity contribution in [1.29, 1.82) is 0 Å². The second-order valence-electron chi connectivity index (χ2n) is 5.38. The molecule has 0 aliphatic heterocycles. The molecule has 0 spiro atoms. The van der Waals surface area contributed by atoms with E-state index < -0.39 is 12.0 Å². The first kappa shape index (κ1) is 19.6. The van der Waals surface area contributed by atoms with Gasteiger partial charge in [-0.05, 0) is 13.3 Å². The fourth-order valence-electron chi connectivity index (χ4n) is 2.22. The first-order valence-corrected chi connectivity index (χ1v) is 8.01. The highest BCUT2D eigenvalue weighted by atomic mass is 16.6. The quantitative estimate of drug-likeness (QED) is 0.167. The van der Waals surface area contributed by atoms with E-state index in [-0.39, 0.29) is 23.5 Å². The van der Waals surface area contributed by atoms with Crippen LogP contribution in [0.15, 0.2) is 12.2 Å². The van der Waals surface area contributed by atoms with Crippen LogP contribution in [-0.2, 0) is 9.53 Å². The number of carbonyl (C=O) groups is 1. The van der Waals surface area contributed by atoms with Gasteiger partial charge in [0, 0.05) is 23.3 Å². The molecule has 122 valence electrons. The molecule has 0 aromatic rings. The lowest BCUT2D eigenvalue weighted by molar-refractivity contribution is -0.523. The largest absolute Gasteiger partial charge is 0.463 e. The lowest BCUT2D eigenvalue weighted by atomic mass is 10.0. The molecular formula is C16H29NO4. The van der Waals surface area contributed by atoms with E-state index in [0.717, 1.165) is 19.3 Å². The van der Waals surface area contributed by atoms with Gasteiger partial charge in [-0.25, -0.2) is 4.79 Å². The van der Waals surface area contributed by atoms with E-state index in [0.29, 0.717) is 6.42 Å². The van der Waals surface area contributed by atoms with Crippen LogP contribution >= 0.6 is 0 Å². The number of carbonyl (C=O) groups excluding carboxylic acids is 1. The van der Waals surface area contributed by atoms with E-state index in [4.69, 9.17) is 4.74 Å². The van der Waals surface area contributed by atoms with Crippen molar-refractivity contribution in [1.82, 2.24) is 0 Å². The molecule has 5 nitrogen and oxygen atoms in total. The van der Waals surface area contributed by atoms with E-state index in [9.17, 15) is 14.9 Å². The Labute approximate surface area is 127 Å². The van der Waals surface area contributed by atoms with Crippen molar-refractivity contribution >= 4 is 5.97 Å². The molecule has 0 rings (SSSR count). The summed E-state index contributed by atoms with van der Waals surface area (Å²) in [6.45, 7) is 7.74. The zero-order valence-electron chi connectivity index (χ0n) is 13.4. The summed E-state index contributed by atoms with van der Waals surface area (Å²) in [7, 11) is 0. The fourth-order valence-corrected chi connectivity index (χ4v) is 2.22. The fraction of sp³-hybridized carbons (Fsp3) is 0.812. The Morgan fingerprint density at radius 3 is 2.24 bits per heavy atom. The van der Waals surface area contributed by atoms with Crippen LogP contribution in [0.2, 0.25) is 0 Å². The summed E-state index contributed by atoms with van der Waals surface area (Å²) in [5.41, 5.74) is 0.196. The predicted molar refractivity (Wildman–Crippen MR) is 83.8 cm³/mol. The maximum atomic E-state index is 11.4. The molecule has 1 unspecified atom stereocenters. The Balaban J connectivity index is 3.95. The van der Waals surface area contributed by atoms with Crippen LogP contribution in [-0.4, -0.2) is 23.5 Å². The van der Waals surface area contributed by atoms with Gasteiger partial charge in [-0.3, -0.25) is 10.1 Å². The molecule has 1 atom stereocenters. The highest BCUT2D eigenvalue weighted by Crippen LogP contribution is 2.16. The number of ether oxygens (including phenoxy) is 1. The minimum absolute atomic E-state index is 0.0850. The molecule has 0 bridgehead atoms. The normalized spacial score (nSPS) is 11.9. The molecule has 0 N–H and O–H groups in total. The molecule has 0 aromatic carbocycles. The lowest BCUT2D eigenvalue weighted by Gasteiger charge is -2.10. The van der Waals surface area contributed by atoms with Crippen LogP contribution in [0.3, 0.4) is 0 Å². The molecular weight excluding hydrogens is 270 g/mol. The molecule has 0 amide bonds. The molecule has 0 aliphatic carbocycles. The molecule has 0 radical (unpaired) electrons. The summed E-state index contributed by atoms with van der Waals surface area (Å²) in [6.07, 6.45) is 8.48. The molecule has 0 saturated heterocycles. The van der Waals surface area contributed by atoms with Gasteiger partial charge in [0.05, 0.1) is 6.61 Å². The Bertz CT molecular complexity index is 328. The third kappa shape index (κ3) is 10.0. The molecule has 0 fully saturated rings. The van der Waals surface area contributed by atoms with Crippen LogP contribution < -0.4 is 0 Å². The highest BCUT2D eigenvalue weighted by molar-refractivity contribution is 5.87. The van der Waals surface area contributed by atoms with Crippen molar-refractivity contribution in [3.63, 3.8) is 0 Å². The van der Waals surface area contributed by atoms with Gasteiger partial charge in [0.15, 0.2) is 0 Å². The van der Waals surface area contributed by atoms with Gasteiger partial charge in [0.25, 0.3) is 0 Å². The van der Waals surface area contributed by atoms with Crippen molar-refractivity contribution < 1.29 is 14.5 Å². The second kappa shape index (κ2) is 12.4. The van der Waals surface area contributed by atoms with Crippen LogP contribution in [0, 0.1) is 10.1 Å². The standard InChI is InChI=1S/C16H29NO4/c1-4-6-7-8-9-10-11-12-15(17(19)20)13-14(3)16(18)21-5-2/h15H,3-13H2,1-2H3. The summed E-state index contributed by atoms with van der Waals surface area (Å²) in [5.74, 6) is -0.524. The van der Waals surface area contributed by atoms with E-state index in [1.165, 1.54) is 25.7 Å². The average molecular weight is 299 g/mol. The van der Waals surface area contributed by atoms with E-state index in [2.05, 4.69) is 13.5 Å². The smallest absolute Gasteiger partial charge is 0.333 e.